The van der Waals surface area contributed by atoms with Gasteiger partial charge < -0.3 is 14.9 Å². The predicted octanol–water partition coefficient (Wildman–Crippen LogP) is 2.52. The van der Waals surface area contributed by atoms with Crippen molar-refractivity contribution in [2.45, 2.75) is 26.4 Å². The second-order valence-corrected chi connectivity index (χ2v) is 5.03. The number of nitrogens with zero attached hydrogens (tertiary/aromatic N) is 2. The number of hydrogen-bond donors (Lipinski definition) is 1. The van der Waals surface area contributed by atoms with Gasteiger partial charge in [0.15, 0.2) is 0 Å². The van der Waals surface area contributed by atoms with Crippen molar-refractivity contribution in [3.05, 3.63) is 29.8 Å². The average Bonchev–Trinajstić information content (AvgIpc) is 2.34. The number of para-hydroxylation sites is 1. The summed E-state index contributed by atoms with van der Waals surface area (Å²) < 4.78 is 0. The minimum atomic E-state index is -0.417. The fourth-order valence-corrected chi connectivity index (χ4v) is 2.07. The van der Waals surface area contributed by atoms with Crippen LogP contribution in [0.25, 0.3) is 0 Å². The molecule has 0 heterocycles. The molecule has 0 aliphatic carbocycles. The van der Waals surface area contributed by atoms with Crippen LogP contribution in [-0.2, 0) is 0 Å². The van der Waals surface area contributed by atoms with Crippen molar-refractivity contribution in [1.29, 1.82) is 0 Å². The normalized spacial score (nSPS) is 12.8. The third kappa shape index (κ3) is 4.31. The zero-order valence-corrected chi connectivity index (χ0v) is 12.1. The molecule has 1 aromatic carbocycles. The lowest BCUT2D eigenvalue weighted by Gasteiger charge is -2.28. The molecule has 0 aromatic heterocycles. The van der Waals surface area contributed by atoms with Crippen LogP contribution < -0.4 is 4.90 Å². The highest BCUT2D eigenvalue weighted by atomic mass is 16.3. The highest BCUT2D eigenvalue weighted by Crippen LogP contribution is 2.26. The van der Waals surface area contributed by atoms with E-state index < -0.39 is 6.10 Å². The van der Waals surface area contributed by atoms with Crippen LogP contribution in [-0.4, -0.2) is 43.7 Å². The number of likely N-dealkylation sites (N-methyl/N-ethyl adjacent to an activating group) is 1. The molecule has 102 valence electrons. The number of aliphatic hydroxyl groups is 1. The second-order valence-electron chi connectivity index (χ2n) is 5.03. The molecule has 1 aromatic rings. The fraction of sp³-hybridized carbons (Fsp3) is 0.600. The Labute approximate surface area is 111 Å². The van der Waals surface area contributed by atoms with E-state index in [0.29, 0.717) is 0 Å². The van der Waals surface area contributed by atoms with Gasteiger partial charge in [0.25, 0.3) is 0 Å². The van der Waals surface area contributed by atoms with Crippen molar-refractivity contribution < 1.29 is 5.11 Å². The summed E-state index contributed by atoms with van der Waals surface area (Å²) in [6.45, 7) is 7.05. The molecular formula is C15H26N2O. The maximum absolute atomic E-state index is 9.86. The van der Waals surface area contributed by atoms with Crippen LogP contribution in [0.2, 0.25) is 0 Å². The molecule has 0 aliphatic heterocycles. The van der Waals surface area contributed by atoms with Crippen molar-refractivity contribution in [3.8, 4) is 0 Å². The van der Waals surface area contributed by atoms with Gasteiger partial charge in [-0.25, -0.2) is 0 Å². The van der Waals surface area contributed by atoms with Crippen LogP contribution in [0.15, 0.2) is 24.3 Å². The molecule has 0 saturated heterocycles. The Bertz CT molecular complexity index is 350. The smallest absolute Gasteiger partial charge is 0.0781 e. The molecule has 1 rings (SSSR count). The van der Waals surface area contributed by atoms with E-state index in [4.69, 9.17) is 0 Å². The van der Waals surface area contributed by atoms with Crippen molar-refractivity contribution in [2.24, 2.45) is 0 Å². The molecule has 0 saturated carbocycles. The van der Waals surface area contributed by atoms with E-state index in [9.17, 15) is 5.11 Å². The first-order chi connectivity index (χ1) is 8.56. The van der Waals surface area contributed by atoms with Crippen LogP contribution in [0, 0.1) is 0 Å². The van der Waals surface area contributed by atoms with Crippen molar-refractivity contribution >= 4 is 5.69 Å². The van der Waals surface area contributed by atoms with Gasteiger partial charge >= 0.3 is 0 Å². The van der Waals surface area contributed by atoms with Gasteiger partial charge in [-0.3, -0.25) is 0 Å². The Hall–Kier alpha value is -1.06. The van der Waals surface area contributed by atoms with Crippen LogP contribution >= 0.6 is 0 Å². The van der Waals surface area contributed by atoms with Gasteiger partial charge in [0, 0.05) is 30.9 Å². The van der Waals surface area contributed by atoms with E-state index in [0.717, 1.165) is 37.3 Å². The SMILES string of the molecule is CCCN(CCN(C)C)c1ccccc1[C@@H](C)O. The van der Waals surface area contributed by atoms with E-state index in [1.165, 1.54) is 0 Å². The molecule has 1 N–H and O–H groups in total. The molecule has 0 amide bonds. The lowest BCUT2D eigenvalue weighted by molar-refractivity contribution is 0.199. The van der Waals surface area contributed by atoms with Crippen LogP contribution in [0.1, 0.15) is 31.9 Å². The molecule has 3 nitrogen and oxygen atoms in total. The van der Waals surface area contributed by atoms with E-state index >= 15 is 0 Å². The molecule has 0 fully saturated rings. The van der Waals surface area contributed by atoms with E-state index in [-0.39, 0.29) is 0 Å². The maximum atomic E-state index is 9.86. The molecular weight excluding hydrogens is 224 g/mol. The molecule has 0 spiro atoms. The summed E-state index contributed by atoms with van der Waals surface area (Å²) in [6, 6.07) is 8.15. The minimum absolute atomic E-state index is 0.417. The van der Waals surface area contributed by atoms with E-state index in [1.807, 2.05) is 25.1 Å². The molecule has 0 aliphatic rings. The molecule has 18 heavy (non-hydrogen) atoms. The van der Waals surface area contributed by atoms with Gasteiger partial charge in [0.05, 0.1) is 6.10 Å². The number of rotatable bonds is 7. The van der Waals surface area contributed by atoms with Gasteiger partial charge in [-0.15, -0.1) is 0 Å². The summed E-state index contributed by atoms with van der Waals surface area (Å²) in [6.07, 6.45) is 0.696. The highest BCUT2D eigenvalue weighted by Gasteiger charge is 2.13. The van der Waals surface area contributed by atoms with Crippen LogP contribution in [0.3, 0.4) is 0 Å². The molecule has 0 bridgehead atoms. The zero-order valence-electron chi connectivity index (χ0n) is 12.1. The largest absolute Gasteiger partial charge is 0.389 e. The first kappa shape index (κ1) is 15.0. The fourth-order valence-electron chi connectivity index (χ4n) is 2.07. The summed E-state index contributed by atoms with van der Waals surface area (Å²) in [7, 11) is 4.18. The monoisotopic (exact) mass is 250 g/mol. The van der Waals surface area contributed by atoms with Crippen LogP contribution in [0.5, 0.6) is 0 Å². The maximum Gasteiger partial charge on any atom is 0.0781 e. The Morgan fingerprint density at radius 1 is 1.11 bits per heavy atom. The number of aliphatic hydroxyl groups excluding tert-OH is 1. The lowest BCUT2D eigenvalue weighted by atomic mass is 10.1. The Kier molecular flexibility index (Phi) is 6.16. The second kappa shape index (κ2) is 7.39. The summed E-state index contributed by atoms with van der Waals surface area (Å²) >= 11 is 0. The first-order valence-corrected chi connectivity index (χ1v) is 6.73. The number of hydrogen-bond acceptors (Lipinski definition) is 3. The van der Waals surface area contributed by atoms with E-state index in [2.05, 4.69) is 36.9 Å². The molecule has 3 heteroatoms. The predicted molar refractivity (Wildman–Crippen MR) is 78.1 cm³/mol. The van der Waals surface area contributed by atoms with Gasteiger partial charge in [0.1, 0.15) is 0 Å². The molecule has 0 radical (unpaired) electrons. The van der Waals surface area contributed by atoms with Crippen molar-refractivity contribution in [2.75, 3.05) is 38.6 Å². The Balaban J connectivity index is 2.90. The number of benzene rings is 1. The van der Waals surface area contributed by atoms with Gasteiger partial charge in [-0.2, -0.15) is 0 Å². The van der Waals surface area contributed by atoms with Gasteiger partial charge in [-0.1, -0.05) is 25.1 Å². The average molecular weight is 250 g/mol. The molecule has 0 unspecified atom stereocenters. The summed E-state index contributed by atoms with van der Waals surface area (Å²) in [5.74, 6) is 0. The minimum Gasteiger partial charge on any atom is -0.389 e. The Morgan fingerprint density at radius 2 is 1.78 bits per heavy atom. The lowest BCUT2D eigenvalue weighted by Crippen LogP contribution is -2.33. The highest BCUT2D eigenvalue weighted by molar-refractivity contribution is 5.54. The first-order valence-electron chi connectivity index (χ1n) is 6.73. The standard InChI is InChI=1S/C15H26N2O/c1-5-10-17(12-11-16(3)4)15-9-7-6-8-14(15)13(2)18/h6-9,13,18H,5,10-12H2,1-4H3/t13-/m1/s1. The summed E-state index contributed by atoms with van der Waals surface area (Å²) in [4.78, 5) is 4.55. The van der Waals surface area contributed by atoms with Crippen molar-refractivity contribution in [1.82, 2.24) is 4.90 Å². The zero-order chi connectivity index (χ0) is 13.5. The quantitative estimate of drug-likeness (QED) is 0.805. The summed E-state index contributed by atoms with van der Waals surface area (Å²) in [5.41, 5.74) is 2.18. The van der Waals surface area contributed by atoms with Gasteiger partial charge in [0.2, 0.25) is 0 Å². The van der Waals surface area contributed by atoms with Gasteiger partial charge in [-0.05, 0) is 33.5 Å². The third-order valence-electron chi connectivity index (χ3n) is 3.04. The van der Waals surface area contributed by atoms with E-state index in [1.54, 1.807) is 0 Å². The third-order valence-corrected chi connectivity index (χ3v) is 3.04. The topological polar surface area (TPSA) is 26.7 Å². The van der Waals surface area contributed by atoms with Crippen LogP contribution in [0.4, 0.5) is 5.69 Å². The Morgan fingerprint density at radius 3 is 2.33 bits per heavy atom. The summed E-state index contributed by atoms with van der Waals surface area (Å²) in [5, 5.41) is 9.86. The van der Waals surface area contributed by atoms with Crippen molar-refractivity contribution in [3.63, 3.8) is 0 Å². The molecule has 1 atom stereocenters. The number of anilines is 1.